The van der Waals surface area contributed by atoms with Gasteiger partial charge in [-0.25, -0.2) is 0 Å². The van der Waals surface area contributed by atoms with E-state index >= 15 is 0 Å². The minimum atomic E-state index is -0.0554. The van der Waals surface area contributed by atoms with Crippen molar-refractivity contribution < 1.29 is 9.53 Å². The van der Waals surface area contributed by atoms with Gasteiger partial charge in [0.25, 0.3) is 5.91 Å². The first kappa shape index (κ1) is 13.7. The van der Waals surface area contributed by atoms with E-state index in [0.717, 1.165) is 28.4 Å². The molecule has 0 atom stereocenters. The minimum absolute atomic E-state index is 0.0554. The minimum Gasteiger partial charge on any atom is -0.497 e. The molecule has 0 aliphatic heterocycles. The lowest BCUT2D eigenvalue weighted by molar-refractivity contribution is 0.102. The van der Waals surface area contributed by atoms with Gasteiger partial charge in [0, 0.05) is 23.1 Å². The lowest BCUT2D eigenvalue weighted by Crippen LogP contribution is -2.13. The summed E-state index contributed by atoms with van der Waals surface area (Å²) in [5, 5.41) is 2.94. The molecule has 1 N–H and O–H groups in total. The van der Waals surface area contributed by atoms with Crippen molar-refractivity contribution in [2.75, 3.05) is 12.4 Å². The van der Waals surface area contributed by atoms with Gasteiger partial charge in [0.05, 0.1) is 12.7 Å². The Morgan fingerprint density at radius 2 is 1.90 bits per heavy atom. The summed E-state index contributed by atoms with van der Waals surface area (Å²) in [5.74, 6) is 0.722. The summed E-state index contributed by atoms with van der Waals surface area (Å²) < 4.78 is 7.39. The number of aryl methyl sites for hydroxylation is 1. The molecule has 110 valence electrons. The number of carbonyl (C=O) groups excluding carboxylic acids is 1. The van der Waals surface area contributed by atoms with Gasteiger partial charge in [-0.2, -0.15) is 0 Å². The summed E-state index contributed by atoms with van der Waals surface area (Å²) in [6.45, 7) is 4.09. The van der Waals surface area contributed by atoms with Crippen molar-refractivity contribution in [2.24, 2.45) is 0 Å². The molecule has 0 spiro atoms. The van der Waals surface area contributed by atoms with E-state index in [1.54, 1.807) is 7.11 Å². The SMILES string of the molecule is COc1ccc(NC(=O)c2cc(C)n(C3CC3)c2C)cc1. The van der Waals surface area contributed by atoms with Gasteiger partial charge in [-0.05, 0) is 57.0 Å². The number of benzene rings is 1. The molecule has 1 amide bonds. The summed E-state index contributed by atoms with van der Waals surface area (Å²) in [7, 11) is 1.63. The largest absolute Gasteiger partial charge is 0.497 e. The third-order valence-corrected chi connectivity index (χ3v) is 3.99. The van der Waals surface area contributed by atoms with Gasteiger partial charge in [-0.15, -0.1) is 0 Å². The van der Waals surface area contributed by atoms with Crippen molar-refractivity contribution in [3.8, 4) is 5.75 Å². The first-order chi connectivity index (χ1) is 10.1. The molecule has 1 aromatic carbocycles. The summed E-state index contributed by atoms with van der Waals surface area (Å²) in [4.78, 5) is 12.4. The summed E-state index contributed by atoms with van der Waals surface area (Å²) in [6.07, 6.45) is 2.44. The number of nitrogens with one attached hydrogen (secondary N) is 1. The molecule has 2 aromatic rings. The van der Waals surface area contributed by atoms with Crippen molar-refractivity contribution in [2.45, 2.75) is 32.7 Å². The zero-order valence-corrected chi connectivity index (χ0v) is 12.6. The Morgan fingerprint density at radius 1 is 1.24 bits per heavy atom. The summed E-state index contributed by atoms with van der Waals surface area (Å²) in [5.41, 5.74) is 3.75. The van der Waals surface area contributed by atoms with E-state index < -0.39 is 0 Å². The van der Waals surface area contributed by atoms with Crippen LogP contribution in [0.25, 0.3) is 0 Å². The molecule has 1 aliphatic rings. The van der Waals surface area contributed by atoms with E-state index in [4.69, 9.17) is 4.74 Å². The zero-order valence-electron chi connectivity index (χ0n) is 12.6. The van der Waals surface area contributed by atoms with Crippen LogP contribution in [0.15, 0.2) is 30.3 Å². The first-order valence-electron chi connectivity index (χ1n) is 7.24. The van der Waals surface area contributed by atoms with Crippen LogP contribution in [0.2, 0.25) is 0 Å². The van der Waals surface area contributed by atoms with Crippen LogP contribution in [-0.2, 0) is 0 Å². The highest BCUT2D eigenvalue weighted by Gasteiger charge is 2.28. The van der Waals surface area contributed by atoms with Gasteiger partial charge >= 0.3 is 0 Å². The molecule has 0 bridgehead atoms. The van der Waals surface area contributed by atoms with E-state index in [9.17, 15) is 4.79 Å². The third-order valence-electron chi connectivity index (χ3n) is 3.99. The summed E-state index contributed by atoms with van der Waals surface area (Å²) >= 11 is 0. The molecule has 1 aliphatic carbocycles. The number of carbonyl (C=O) groups is 1. The number of hydrogen-bond acceptors (Lipinski definition) is 2. The molecule has 21 heavy (non-hydrogen) atoms. The second-order valence-electron chi connectivity index (χ2n) is 5.57. The van der Waals surface area contributed by atoms with Gasteiger partial charge in [0.15, 0.2) is 0 Å². The Balaban J connectivity index is 1.80. The predicted octanol–water partition coefficient (Wildman–Crippen LogP) is 3.70. The standard InChI is InChI=1S/C17H20N2O2/c1-11-10-16(12(2)19(11)14-6-7-14)17(20)18-13-4-8-15(21-3)9-5-13/h4-5,8-10,14H,6-7H2,1-3H3,(H,18,20). The molecule has 1 saturated carbocycles. The normalized spacial score (nSPS) is 14.0. The van der Waals surface area contributed by atoms with Crippen LogP contribution < -0.4 is 10.1 Å². The zero-order chi connectivity index (χ0) is 15.0. The van der Waals surface area contributed by atoms with Crippen LogP contribution in [0.1, 0.15) is 40.6 Å². The Labute approximate surface area is 124 Å². The van der Waals surface area contributed by atoms with Crippen molar-refractivity contribution >= 4 is 11.6 Å². The smallest absolute Gasteiger partial charge is 0.257 e. The van der Waals surface area contributed by atoms with Gasteiger partial charge in [0.2, 0.25) is 0 Å². The number of rotatable bonds is 4. The highest BCUT2D eigenvalue weighted by molar-refractivity contribution is 6.05. The van der Waals surface area contributed by atoms with E-state index in [-0.39, 0.29) is 5.91 Å². The highest BCUT2D eigenvalue weighted by atomic mass is 16.5. The summed E-state index contributed by atoms with van der Waals surface area (Å²) in [6, 6.07) is 9.93. The number of methoxy groups -OCH3 is 1. The lowest BCUT2D eigenvalue weighted by atomic mass is 10.2. The molecule has 4 nitrogen and oxygen atoms in total. The molecule has 1 heterocycles. The monoisotopic (exact) mass is 284 g/mol. The first-order valence-corrected chi connectivity index (χ1v) is 7.24. The maximum Gasteiger partial charge on any atom is 0.257 e. The molecule has 4 heteroatoms. The van der Waals surface area contributed by atoms with E-state index in [0.29, 0.717) is 6.04 Å². The van der Waals surface area contributed by atoms with Crippen LogP contribution in [-0.4, -0.2) is 17.6 Å². The van der Waals surface area contributed by atoms with Crippen molar-refractivity contribution in [1.82, 2.24) is 4.57 Å². The Hall–Kier alpha value is -2.23. The van der Waals surface area contributed by atoms with Crippen LogP contribution in [0, 0.1) is 13.8 Å². The number of nitrogens with zero attached hydrogens (tertiary/aromatic N) is 1. The van der Waals surface area contributed by atoms with Gasteiger partial charge in [-0.3, -0.25) is 4.79 Å². The Kier molecular flexibility index (Phi) is 3.45. The average Bonchev–Trinajstić information content (AvgIpc) is 3.25. The number of aromatic nitrogens is 1. The fraction of sp³-hybridized carbons (Fsp3) is 0.353. The molecule has 0 radical (unpaired) electrons. The number of ether oxygens (including phenoxy) is 1. The highest BCUT2D eigenvalue weighted by Crippen LogP contribution is 2.38. The molecular formula is C17H20N2O2. The number of hydrogen-bond donors (Lipinski definition) is 1. The number of amides is 1. The van der Waals surface area contributed by atoms with E-state index in [2.05, 4.69) is 16.8 Å². The van der Waals surface area contributed by atoms with Crippen LogP contribution in [0.5, 0.6) is 5.75 Å². The molecule has 1 fully saturated rings. The molecular weight excluding hydrogens is 264 g/mol. The maximum absolute atomic E-state index is 12.4. The molecule has 0 saturated heterocycles. The predicted molar refractivity (Wildman–Crippen MR) is 83.1 cm³/mol. The fourth-order valence-corrected chi connectivity index (χ4v) is 2.77. The van der Waals surface area contributed by atoms with Gasteiger partial charge in [-0.1, -0.05) is 0 Å². The lowest BCUT2D eigenvalue weighted by Gasteiger charge is -2.08. The molecule has 3 rings (SSSR count). The van der Waals surface area contributed by atoms with E-state index in [1.165, 1.54) is 12.8 Å². The van der Waals surface area contributed by atoms with Crippen molar-refractivity contribution in [3.63, 3.8) is 0 Å². The third kappa shape index (κ3) is 2.66. The number of anilines is 1. The topological polar surface area (TPSA) is 43.3 Å². The van der Waals surface area contributed by atoms with Crippen LogP contribution in [0.4, 0.5) is 5.69 Å². The maximum atomic E-state index is 12.4. The Bertz CT molecular complexity index is 667. The fourth-order valence-electron chi connectivity index (χ4n) is 2.77. The van der Waals surface area contributed by atoms with Crippen LogP contribution in [0.3, 0.4) is 0 Å². The Morgan fingerprint density at radius 3 is 2.48 bits per heavy atom. The molecule has 0 unspecified atom stereocenters. The van der Waals surface area contributed by atoms with Crippen molar-refractivity contribution in [1.29, 1.82) is 0 Å². The van der Waals surface area contributed by atoms with Gasteiger partial charge in [0.1, 0.15) is 5.75 Å². The average molecular weight is 284 g/mol. The van der Waals surface area contributed by atoms with E-state index in [1.807, 2.05) is 37.3 Å². The van der Waals surface area contributed by atoms with Gasteiger partial charge < -0.3 is 14.6 Å². The second kappa shape index (κ2) is 5.28. The second-order valence-corrected chi connectivity index (χ2v) is 5.57. The van der Waals surface area contributed by atoms with Crippen LogP contribution >= 0.6 is 0 Å². The van der Waals surface area contributed by atoms with Crippen molar-refractivity contribution in [3.05, 3.63) is 47.3 Å². The quantitative estimate of drug-likeness (QED) is 0.930. The molecule has 1 aromatic heterocycles.